The third kappa shape index (κ3) is 2.26. The van der Waals surface area contributed by atoms with Crippen LogP contribution < -0.4 is 10.3 Å². The van der Waals surface area contributed by atoms with Crippen LogP contribution in [-0.2, 0) is 11.3 Å². The van der Waals surface area contributed by atoms with Gasteiger partial charge in [0.2, 0.25) is 0 Å². The van der Waals surface area contributed by atoms with E-state index in [1.165, 1.54) is 20.1 Å². The zero-order chi connectivity index (χ0) is 14.2. The second kappa shape index (κ2) is 4.68. The topological polar surface area (TPSA) is 81.4 Å². The Balaban J connectivity index is 2.78. The smallest absolute Gasteiger partial charge is 0.323 e. The van der Waals surface area contributed by atoms with Crippen LogP contribution in [0.4, 0.5) is 4.39 Å². The first kappa shape index (κ1) is 13.0. The van der Waals surface area contributed by atoms with Crippen LogP contribution in [0.2, 0.25) is 0 Å². The molecular weight excluding hydrogens is 255 g/mol. The van der Waals surface area contributed by atoms with Crippen molar-refractivity contribution in [3.05, 3.63) is 34.1 Å². The lowest BCUT2D eigenvalue weighted by molar-refractivity contribution is -0.137. The Bertz CT molecular complexity index is 724. The SMILES string of the molecule is COc1cc2c(=O)n(CC(=O)O)c(C)nc2cc1F. The van der Waals surface area contributed by atoms with Gasteiger partial charge in [0.05, 0.1) is 18.0 Å². The number of benzene rings is 1. The van der Waals surface area contributed by atoms with E-state index >= 15 is 0 Å². The van der Waals surface area contributed by atoms with Crippen molar-refractivity contribution in [1.29, 1.82) is 0 Å². The summed E-state index contributed by atoms with van der Waals surface area (Å²) in [6, 6.07) is 2.31. The Kier molecular flexibility index (Phi) is 3.20. The number of halogens is 1. The molecule has 1 aromatic heterocycles. The monoisotopic (exact) mass is 266 g/mol. The lowest BCUT2D eigenvalue weighted by Crippen LogP contribution is -2.27. The molecular formula is C12H11FN2O4. The first-order valence-corrected chi connectivity index (χ1v) is 5.40. The minimum Gasteiger partial charge on any atom is -0.494 e. The second-order valence-corrected chi connectivity index (χ2v) is 3.95. The number of carboxylic acids is 1. The number of rotatable bonds is 3. The van der Waals surface area contributed by atoms with Gasteiger partial charge in [-0.05, 0) is 13.0 Å². The number of nitrogens with zero attached hydrogens (tertiary/aromatic N) is 2. The fourth-order valence-corrected chi connectivity index (χ4v) is 1.81. The molecule has 0 saturated heterocycles. The maximum Gasteiger partial charge on any atom is 0.323 e. The van der Waals surface area contributed by atoms with Gasteiger partial charge in [-0.15, -0.1) is 0 Å². The lowest BCUT2D eigenvalue weighted by atomic mass is 10.2. The number of hydrogen-bond donors (Lipinski definition) is 1. The average molecular weight is 266 g/mol. The number of hydrogen-bond acceptors (Lipinski definition) is 4. The summed E-state index contributed by atoms with van der Waals surface area (Å²) in [4.78, 5) is 26.9. The van der Waals surface area contributed by atoms with Gasteiger partial charge in [-0.3, -0.25) is 14.2 Å². The van der Waals surface area contributed by atoms with Gasteiger partial charge in [-0.1, -0.05) is 0 Å². The molecule has 0 fully saturated rings. The summed E-state index contributed by atoms with van der Waals surface area (Å²) >= 11 is 0. The number of aromatic nitrogens is 2. The Morgan fingerprint density at radius 3 is 2.79 bits per heavy atom. The van der Waals surface area contributed by atoms with Crippen LogP contribution in [0.1, 0.15) is 5.82 Å². The molecule has 1 aromatic carbocycles. The molecule has 1 heterocycles. The van der Waals surface area contributed by atoms with E-state index in [4.69, 9.17) is 9.84 Å². The first-order chi connectivity index (χ1) is 8.93. The van der Waals surface area contributed by atoms with Crippen molar-refractivity contribution in [3.8, 4) is 5.75 Å². The highest BCUT2D eigenvalue weighted by Gasteiger charge is 2.14. The zero-order valence-electron chi connectivity index (χ0n) is 10.3. The van der Waals surface area contributed by atoms with Crippen molar-refractivity contribution in [3.63, 3.8) is 0 Å². The summed E-state index contributed by atoms with van der Waals surface area (Å²) in [6.45, 7) is 0.999. The second-order valence-electron chi connectivity index (χ2n) is 3.95. The molecule has 0 radical (unpaired) electrons. The number of ether oxygens (including phenoxy) is 1. The quantitative estimate of drug-likeness (QED) is 0.894. The van der Waals surface area contributed by atoms with Gasteiger partial charge in [0, 0.05) is 6.07 Å². The van der Waals surface area contributed by atoms with E-state index in [1.54, 1.807) is 0 Å². The van der Waals surface area contributed by atoms with Gasteiger partial charge in [-0.25, -0.2) is 9.37 Å². The highest BCUT2D eigenvalue weighted by Crippen LogP contribution is 2.21. The molecule has 7 heteroatoms. The van der Waals surface area contributed by atoms with E-state index in [0.717, 1.165) is 10.6 Å². The molecule has 0 amide bonds. The van der Waals surface area contributed by atoms with Gasteiger partial charge in [0.15, 0.2) is 11.6 Å². The molecule has 19 heavy (non-hydrogen) atoms. The average Bonchev–Trinajstić information content (AvgIpc) is 2.33. The Labute approximate surface area is 107 Å². The fourth-order valence-electron chi connectivity index (χ4n) is 1.81. The largest absolute Gasteiger partial charge is 0.494 e. The summed E-state index contributed by atoms with van der Waals surface area (Å²) in [5, 5.41) is 8.88. The van der Waals surface area contributed by atoms with Crippen molar-refractivity contribution in [2.45, 2.75) is 13.5 Å². The summed E-state index contributed by atoms with van der Waals surface area (Å²) in [7, 11) is 1.28. The number of aryl methyl sites for hydroxylation is 1. The zero-order valence-corrected chi connectivity index (χ0v) is 10.3. The van der Waals surface area contributed by atoms with Crippen molar-refractivity contribution >= 4 is 16.9 Å². The predicted molar refractivity (Wildman–Crippen MR) is 64.9 cm³/mol. The van der Waals surface area contributed by atoms with Crippen molar-refractivity contribution < 1.29 is 19.0 Å². The van der Waals surface area contributed by atoms with E-state index in [-0.39, 0.29) is 22.5 Å². The number of carbonyl (C=O) groups is 1. The molecule has 6 nitrogen and oxygen atoms in total. The molecule has 0 atom stereocenters. The van der Waals surface area contributed by atoms with Gasteiger partial charge in [0.1, 0.15) is 12.4 Å². The summed E-state index contributed by atoms with van der Waals surface area (Å²) < 4.78 is 19.3. The predicted octanol–water partition coefficient (Wildman–Crippen LogP) is 0.937. The number of fused-ring (bicyclic) bond motifs is 1. The third-order valence-electron chi connectivity index (χ3n) is 2.71. The van der Waals surface area contributed by atoms with Gasteiger partial charge >= 0.3 is 5.97 Å². The first-order valence-electron chi connectivity index (χ1n) is 5.40. The van der Waals surface area contributed by atoms with Crippen LogP contribution in [0.25, 0.3) is 10.9 Å². The molecule has 1 N–H and O–H groups in total. The van der Waals surface area contributed by atoms with Crippen LogP contribution in [0.15, 0.2) is 16.9 Å². The highest BCUT2D eigenvalue weighted by atomic mass is 19.1. The Hall–Kier alpha value is -2.44. The lowest BCUT2D eigenvalue weighted by Gasteiger charge is -2.09. The molecule has 2 aromatic rings. The van der Waals surface area contributed by atoms with Crippen LogP contribution in [-0.4, -0.2) is 27.7 Å². The van der Waals surface area contributed by atoms with Crippen molar-refractivity contribution in [2.24, 2.45) is 0 Å². The highest BCUT2D eigenvalue weighted by molar-refractivity contribution is 5.80. The van der Waals surface area contributed by atoms with Crippen LogP contribution in [0.3, 0.4) is 0 Å². The Morgan fingerprint density at radius 2 is 2.21 bits per heavy atom. The molecule has 0 aliphatic heterocycles. The fraction of sp³-hybridized carbons (Fsp3) is 0.250. The molecule has 100 valence electrons. The van der Waals surface area contributed by atoms with Crippen molar-refractivity contribution in [1.82, 2.24) is 9.55 Å². The van der Waals surface area contributed by atoms with E-state index in [0.29, 0.717) is 0 Å². The maximum atomic E-state index is 13.5. The summed E-state index contributed by atoms with van der Waals surface area (Å²) in [6.07, 6.45) is 0. The molecule has 0 saturated carbocycles. The maximum absolute atomic E-state index is 13.5. The van der Waals surface area contributed by atoms with Crippen LogP contribution in [0, 0.1) is 12.7 Å². The standard InChI is InChI=1S/C12H11FN2O4/c1-6-14-9-4-8(13)10(19-2)3-7(9)12(18)15(6)5-11(16)17/h3-4H,5H2,1-2H3,(H,16,17). The van der Waals surface area contributed by atoms with E-state index in [2.05, 4.69) is 4.98 Å². The molecule has 2 rings (SSSR count). The van der Waals surface area contributed by atoms with E-state index in [1.807, 2.05) is 0 Å². The molecule has 0 spiro atoms. The van der Waals surface area contributed by atoms with Gasteiger partial charge < -0.3 is 9.84 Å². The number of aliphatic carboxylic acids is 1. The van der Waals surface area contributed by atoms with Crippen molar-refractivity contribution in [2.75, 3.05) is 7.11 Å². The third-order valence-corrected chi connectivity index (χ3v) is 2.71. The minimum atomic E-state index is -1.15. The normalized spacial score (nSPS) is 10.7. The van der Waals surface area contributed by atoms with Gasteiger partial charge in [-0.2, -0.15) is 0 Å². The summed E-state index contributed by atoms with van der Waals surface area (Å²) in [5.41, 5.74) is -0.370. The number of methoxy groups -OCH3 is 1. The number of carboxylic acid groups (broad SMARTS) is 1. The van der Waals surface area contributed by atoms with Gasteiger partial charge in [0.25, 0.3) is 5.56 Å². The minimum absolute atomic E-state index is 0.0860. The Morgan fingerprint density at radius 1 is 1.53 bits per heavy atom. The molecule has 0 unspecified atom stereocenters. The van der Waals surface area contributed by atoms with E-state index < -0.39 is 23.9 Å². The molecule has 0 aliphatic rings. The van der Waals surface area contributed by atoms with Crippen LogP contribution in [0.5, 0.6) is 5.75 Å². The van der Waals surface area contributed by atoms with Crippen LogP contribution >= 0.6 is 0 Å². The molecule has 0 bridgehead atoms. The van der Waals surface area contributed by atoms with E-state index in [9.17, 15) is 14.0 Å². The molecule has 0 aliphatic carbocycles. The summed E-state index contributed by atoms with van der Waals surface area (Å²) in [5.74, 6) is -1.65.